The van der Waals surface area contributed by atoms with Crippen molar-refractivity contribution in [1.29, 1.82) is 0 Å². The van der Waals surface area contributed by atoms with Crippen LogP contribution in [0.1, 0.15) is 30.4 Å². The maximum atomic E-state index is 12.8. The zero-order valence-corrected chi connectivity index (χ0v) is 15.9. The van der Waals surface area contributed by atoms with Crippen LogP contribution < -0.4 is 14.5 Å². The minimum Gasteiger partial charge on any atom is -0.370 e. The van der Waals surface area contributed by atoms with E-state index in [0.717, 1.165) is 69.0 Å². The molecule has 3 aliphatic heterocycles. The summed E-state index contributed by atoms with van der Waals surface area (Å²) in [6.45, 7) is 7.06. The van der Waals surface area contributed by atoms with Crippen molar-refractivity contribution in [2.45, 2.75) is 30.6 Å². The summed E-state index contributed by atoms with van der Waals surface area (Å²) in [6.07, 6.45) is 1.70. The standard InChI is InChI=1S/C18H25N3O4S/c1-13-16-12-15(11-14-3-2-5-21(17(14)16)18(13)22)26(23,24)19-4-6-20-7-9-25-10-8-20/h11-13,19H,2-10H2,1H3/p+1/t13-/m1/s1. The Kier molecular flexibility index (Phi) is 4.77. The number of sulfonamides is 1. The van der Waals surface area contributed by atoms with Crippen LogP contribution in [0.2, 0.25) is 0 Å². The molecule has 2 N–H and O–H groups in total. The highest BCUT2D eigenvalue weighted by Gasteiger charge is 2.38. The lowest BCUT2D eigenvalue weighted by Crippen LogP contribution is -3.14. The number of rotatable bonds is 5. The average Bonchev–Trinajstić information content (AvgIpc) is 2.89. The van der Waals surface area contributed by atoms with E-state index in [9.17, 15) is 13.2 Å². The monoisotopic (exact) mass is 380 g/mol. The first-order valence-electron chi connectivity index (χ1n) is 9.36. The third kappa shape index (κ3) is 3.15. The lowest BCUT2D eigenvalue weighted by Gasteiger charge is -2.26. The molecule has 1 aromatic carbocycles. The molecule has 4 rings (SSSR count). The highest BCUT2D eigenvalue weighted by atomic mass is 32.2. The van der Waals surface area contributed by atoms with Crippen LogP contribution in [0, 0.1) is 0 Å². The number of amides is 1. The Labute approximate surface area is 154 Å². The highest BCUT2D eigenvalue weighted by Crippen LogP contribution is 2.43. The third-order valence-corrected chi connectivity index (χ3v) is 7.11. The Morgan fingerprint density at radius 2 is 2.08 bits per heavy atom. The lowest BCUT2D eigenvalue weighted by atomic mass is 9.97. The van der Waals surface area contributed by atoms with E-state index in [1.54, 1.807) is 12.1 Å². The molecule has 7 nitrogen and oxygen atoms in total. The van der Waals surface area contributed by atoms with Gasteiger partial charge in [0.2, 0.25) is 15.9 Å². The minimum atomic E-state index is -3.57. The van der Waals surface area contributed by atoms with Gasteiger partial charge in [-0.15, -0.1) is 0 Å². The van der Waals surface area contributed by atoms with E-state index in [1.165, 1.54) is 4.90 Å². The molecule has 1 fully saturated rings. The Hall–Kier alpha value is -1.48. The molecule has 26 heavy (non-hydrogen) atoms. The van der Waals surface area contributed by atoms with Crippen LogP contribution in [0.4, 0.5) is 5.69 Å². The number of nitrogens with one attached hydrogen (secondary N) is 2. The van der Waals surface area contributed by atoms with Crippen molar-refractivity contribution >= 4 is 21.6 Å². The van der Waals surface area contributed by atoms with Gasteiger partial charge in [-0.2, -0.15) is 0 Å². The fraction of sp³-hybridized carbons (Fsp3) is 0.611. The average molecular weight is 380 g/mol. The van der Waals surface area contributed by atoms with E-state index in [0.29, 0.717) is 6.54 Å². The quantitative estimate of drug-likeness (QED) is 0.706. The number of hydrogen-bond donors (Lipinski definition) is 2. The smallest absolute Gasteiger partial charge is 0.240 e. The molecule has 1 saturated heterocycles. The number of carbonyl (C=O) groups excluding carboxylic acids is 1. The number of benzene rings is 1. The predicted molar refractivity (Wildman–Crippen MR) is 97.1 cm³/mol. The lowest BCUT2D eigenvalue weighted by molar-refractivity contribution is -0.906. The number of nitrogens with zero attached hydrogens (tertiary/aromatic N) is 1. The van der Waals surface area contributed by atoms with Crippen LogP contribution in [-0.4, -0.2) is 60.3 Å². The van der Waals surface area contributed by atoms with Gasteiger partial charge in [-0.3, -0.25) is 4.79 Å². The van der Waals surface area contributed by atoms with Gasteiger partial charge < -0.3 is 14.5 Å². The first-order valence-corrected chi connectivity index (χ1v) is 10.8. The summed E-state index contributed by atoms with van der Waals surface area (Å²) in [7, 11) is -3.57. The first-order chi connectivity index (χ1) is 12.5. The number of quaternary nitrogens is 1. The van der Waals surface area contributed by atoms with Crippen LogP contribution in [-0.2, 0) is 26.0 Å². The largest absolute Gasteiger partial charge is 0.370 e. The van der Waals surface area contributed by atoms with E-state index >= 15 is 0 Å². The molecule has 1 atom stereocenters. The second-order valence-electron chi connectivity index (χ2n) is 7.35. The van der Waals surface area contributed by atoms with Crippen molar-refractivity contribution in [2.75, 3.05) is 50.8 Å². The molecule has 3 heterocycles. The van der Waals surface area contributed by atoms with Gasteiger partial charge in [0.05, 0.1) is 42.8 Å². The molecular formula is C18H26N3O4S+. The number of hydrogen-bond acceptors (Lipinski definition) is 4. The van der Waals surface area contributed by atoms with Gasteiger partial charge in [0.25, 0.3) is 0 Å². The molecule has 8 heteroatoms. The Morgan fingerprint density at radius 1 is 1.31 bits per heavy atom. The summed E-state index contributed by atoms with van der Waals surface area (Å²) in [5.74, 6) is -0.186. The van der Waals surface area contributed by atoms with Gasteiger partial charge in [0, 0.05) is 6.54 Å². The van der Waals surface area contributed by atoms with Crippen LogP contribution in [0.5, 0.6) is 0 Å². The summed E-state index contributed by atoms with van der Waals surface area (Å²) < 4.78 is 33.6. The Balaban J connectivity index is 1.53. The number of anilines is 1. The topological polar surface area (TPSA) is 80.2 Å². The van der Waals surface area contributed by atoms with Crippen molar-refractivity contribution in [1.82, 2.24) is 4.72 Å². The highest BCUT2D eigenvalue weighted by molar-refractivity contribution is 7.89. The number of ether oxygens (including phenoxy) is 1. The summed E-state index contributed by atoms with van der Waals surface area (Å²) in [5.41, 5.74) is 2.78. The van der Waals surface area contributed by atoms with Gasteiger partial charge in [-0.25, -0.2) is 13.1 Å². The Morgan fingerprint density at radius 3 is 2.85 bits per heavy atom. The normalized spacial score (nSPS) is 23.3. The Bertz CT molecular complexity index is 818. The molecule has 0 bridgehead atoms. The van der Waals surface area contributed by atoms with E-state index in [1.807, 2.05) is 11.8 Å². The SMILES string of the molecule is C[C@H]1C(=O)N2CCCc3cc(S(=O)(=O)NCC[NH+]4CCOCC4)cc1c32. The van der Waals surface area contributed by atoms with Gasteiger partial charge in [0.1, 0.15) is 13.1 Å². The molecule has 1 amide bonds. The van der Waals surface area contributed by atoms with Crippen LogP contribution in [0.25, 0.3) is 0 Å². The number of carbonyl (C=O) groups is 1. The zero-order chi connectivity index (χ0) is 18.3. The van der Waals surface area contributed by atoms with Crippen molar-refractivity contribution in [3.63, 3.8) is 0 Å². The summed E-state index contributed by atoms with van der Waals surface area (Å²) >= 11 is 0. The summed E-state index contributed by atoms with van der Waals surface area (Å²) in [6, 6.07) is 3.44. The van der Waals surface area contributed by atoms with Crippen molar-refractivity contribution in [3.8, 4) is 0 Å². The van der Waals surface area contributed by atoms with E-state index < -0.39 is 10.0 Å². The second kappa shape index (κ2) is 6.92. The second-order valence-corrected chi connectivity index (χ2v) is 9.11. The predicted octanol–water partition coefficient (Wildman–Crippen LogP) is -0.724. The van der Waals surface area contributed by atoms with E-state index in [2.05, 4.69) is 4.72 Å². The fourth-order valence-electron chi connectivity index (χ4n) is 4.18. The summed E-state index contributed by atoms with van der Waals surface area (Å²) in [4.78, 5) is 15.9. The maximum Gasteiger partial charge on any atom is 0.240 e. The molecule has 142 valence electrons. The van der Waals surface area contributed by atoms with Crippen LogP contribution in [0.15, 0.2) is 17.0 Å². The van der Waals surface area contributed by atoms with Crippen molar-refractivity contribution < 1.29 is 22.8 Å². The number of morpholine rings is 1. The van der Waals surface area contributed by atoms with Gasteiger partial charge in [0.15, 0.2) is 0 Å². The molecule has 0 aromatic heterocycles. The zero-order valence-electron chi connectivity index (χ0n) is 15.1. The van der Waals surface area contributed by atoms with Crippen molar-refractivity contribution in [3.05, 3.63) is 23.3 Å². The van der Waals surface area contributed by atoms with Gasteiger partial charge >= 0.3 is 0 Å². The van der Waals surface area contributed by atoms with Gasteiger partial charge in [-0.1, -0.05) is 0 Å². The third-order valence-electron chi connectivity index (χ3n) is 5.67. The molecule has 1 aromatic rings. The van der Waals surface area contributed by atoms with Crippen molar-refractivity contribution in [2.24, 2.45) is 0 Å². The molecule has 0 radical (unpaired) electrons. The van der Waals surface area contributed by atoms with E-state index in [-0.39, 0.29) is 16.7 Å². The van der Waals surface area contributed by atoms with E-state index in [4.69, 9.17) is 4.74 Å². The maximum absolute atomic E-state index is 12.8. The molecule has 0 unspecified atom stereocenters. The fourth-order valence-corrected chi connectivity index (χ4v) is 5.29. The van der Waals surface area contributed by atoms with Gasteiger partial charge in [-0.05, 0) is 43.0 Å². The molecular weight excluding hydrogens is 354 g/mol. The molecule has 0 spiro atoms. The molecule has 3 aliphatic rings. The minimum absolute atomic E-state index is 0.0828. The molecule has 0 aliphatic carbocycles. The van der Waals surface area contributed by atoms with Crippen LogP contribution >= 0.6 is 0 Å². The first kappa shape index (κ1) is 17.9. The number of aryl methyl sites for hydroxylation is 1. The van der Waals surface area contributed by atoms with Crippen LogP contribution in [0.3, 0.4) is 0 Å². The molecule has 0 saturated carbocycles. The summed E-state index contributed by atoms with van der Waals surface area (Å²) in [5, 5.41) is 0.